The van der Waals surface area contributed by atoms with Crippen LogP contribution < -0.4 is 11.3 Å². The molecule has 1 aliphatic heterocycles. The van der Waals surface area contributed by atoms with Crippen LogP contribution in [-0.4, -0.2) is 32.5 Å². The summed E-state index contributed by atoms with van der Waals surface area (Å²) in [5, 5.41) is 0. The van der Waals surface area contributed by atoms with Crippen molar-refractivity contribution in [2.75, 3.05) is 13.1 Å². The molecule has 2 N–H and O–H groups in total. The third-order valence-electron chi connectivity index (χ3n) is 5.96. The zero-order valence-electron chi connectivity index (χ0n) is 17.0. The number of aromatic nitrogens is 3. The van der Waals surface area contributed by atoms with Crippen LogP contribution in [0, 0.1) is 5.92 Å². The number of rotatable bonds is 5. The van der Waals surface area contributed by atoms with Gasteiger partial charge in [-0.15, -0.1) is 0 Å². The summed E-state index contributed by atoms with van der Waals surface area (Å²) in [5.74, 6) is 0.848. The first kappa shape index (κ1) is 19.5. The average molecular weight is 390 g/mol. The Balaban J connectivity index is 1.60. The van der Waals surface area contributed by atoms with Crippen molar-refractivity contribution in [3.63, 3.8) is 0 Å². The second kappa shape index (κ2) is 7.89. The smallest absolute Gasteiger partial charge is 0.253 e. The largest absolute Gasteiger partial charge is 0.319 e. The van der Waals surface area contributed by atoms with Gasteiger partial charge < -0.3 is 5.73 Å². The number of likely N-dealkylation sites (tertiary alicyclic amines) is 1. The van der Waals surface area contributed by atoms with Crippen LogP contribution in [0.1, 0.15) is 24.7 Å². The van der Waals surface area contributed by atoms with Crippen molar-refractivity contribution in [3.05, 3.63) is 82.7 Å². The van der Waals surface area contributed by atoms with Gasteiger partial charge in [-0.3, -0.25) is 19.2 Å². The number of hydrogen-bond acceptors (Lipinski definition) is 5. The molecule has 2 atom stereocenters. The van der Waals surface area contributed by atoms with E-state index in [1.54, 1.807) is 30.1 Å². The molecule has 0 amide bonds. The maximum absolute atomic E-state index is 12.6. The summed E-state index contributed by atoms with van der Waals surface area (Å²) < 4.78 is 1.59. The predicted molar refractivity (Wildman–Crippen MR) is 114 cm³/mol. The van der Waals surface area contributed by atoms with Crippen LogP contribution >= 0.6 is 0 Å². The van der Waals surface area contributed by atoms with Crippen molar-refractivity contribution < 1.29 is 0 Å². The molecule has 0 aliphatic carbocycles. The average Bonchev–Trinajstić information content (AvgIpc) is 3.20. The van der Waals surface area contributed by atoms with E-state index >= 15 is 0 Å². The zero-order chi connectivity index (χ0) is 20.4. The highest BCUT2D eigenvalue weighted by Gasteiger charge is 2.39. The van der Waals surface area contributed by atoms with E-state index in [2.05, 4.69) is 34.1 Å². The lowest BCUT2D eigenvalue weighted by atomic mass is 9.84. The molecule has 6 heteroatoms. The Hall–Kier alpha value is -2.83. The number of benzene rings is 1. The first-order valence-electron chi connectivity index (χ1n) is 9.99. The maximum atomic E-state index is 12.6. The molecule has 2 unspecified atom stereocenters. The highest BCUT2D eigenvalue weighted by molar-refractivity contribution is 5.57. The third kappa shape index (κ3) is 3.99. The van der Waals surface area contributed by atoms with Crippen molar-refractivity contribution in [1.82, 2.24) is 19.4 Å². The Morgan fingerprint density at radius 2 is 1.90 bits per heavy atom. The molecule has 1 fully saturated rings. The van der Waals surface area contributed by atoms with Gasteiger partial charge in [0, 0.05) is 44.2 Å². The molecule has 2 aromatic heterocycles. The summed E-state index contributed by atoms with van der Waals surface area (Å²) in [6.45, 7) is 4.79. The maximum Gasteiger partial charge on any atom is 0.253 e. The minimum Gasteiger partial charge on any atom is -0.319 e. The number of pyridine rings is 1. The summed E-state index contributed by atoms with van der Waals surface area (Å²) in [7, 11) is 1.75. The fraction of sp³-hybridized carbons (Fsp3) is 0.348. The lowest BCUT2D eigenvalue weighted by Gasteiger charge is -2.32. The van der Waals surface area contributed by atoms with Crippen molar-refractivity contribution in [2.45, 2.75) is 25.4 Å². The van der Waals surface area contributed by atoms with E-state index < -0.39 is 5.54 Å². The molecular formula is C23H27N5O. The summed E-state index contributed by atoms with van der Waals surface area (Å²) in [6, 6.07) is 15.8. The summed E-state index contributed by atoms with van der Waals surface area (Å²) in [5.41, 5.74) is 8.86. The van der Waals surface area contributed by atoms with Gasteiger partial charge in [0.05, 0.1) is 11.2 Å². The van der Waals surface area contributed by atoms with Crippen LogP contribution in [0.5, 0.6) is 0 Å². The Kier molecular flexibility index (Phi) is 5.30. The fourth-order valence-electron chi connectivity index (χ4n) is 4.18. The van der Waals surface area contributed by atoms with Gasteiger partial charge in [0.15, 0.2) is 0 Å². The molecule has 0 bridgehead atoms. The number of nitrogens with zero attached hydrogens (tertiary/aromatic N) is 4. The van der Waals surface area contributed by atoms with Gasteiger partial charge in [-0.05, 0) is 43.5 Å². The minimum atomic E-state index is -0.706. The molecule has 3 aromatic rings. The van der Waals surface area contributed by atoms with Crippen molar-refractivity contribution in [3.8, 4) is 11.3 Å². The van der Waals surface area contributed by atoms with Gasteiger partial charge in [0.2, 0.25) is 0 Å². The second-order valence-corrected chi connectivity index (χ2v) is 8.09. The Morgan fingerprint density at radius 3 is 2.62 bits per heavy atom. The second-order valence-electron chi connectivity index (χ2n) is 8.09. The topological polar surface area (TPSA) is 77.0 Å². The zero-order valence-corrected chi connectivity index (χ0v) is 17.0. The van der Waals surface area contributed by atoms with Crippen LogP contribution in [0.4, 0.5) is 0 Å². The summed E-state index contributed by atoms with van der Waals surface area (Å²) in [6.07, 6.45) is 4.39. The molecule has 0 spiro atoms. The van der Waals surface area contributed by atoms with Crippen LogP contribution in [0.25, 0.3) is 11.3 Å². The Morgan fingerprint density at radius 1 is 1.17 bits per heavy atom. The van der Waals surface area contributed by atoms with Gasteiger partial charge in [-0.1, -0.05) is 30.3 Å². The van der Waals surface area contributed by atoms with E-state index in [0.29, 0.717) is 11.5 Å². The summed E-state index contributed by atoms with van der Waals surface area (Å²) in [4.78, 5) is 23.9. The van der Waals surface area contributed by atoms with E-state index in [-0.39, 0.29) is 11.5 Å². The highest BCUT2D eigenvalue weighted by Crippen LogP contribution is 2.33. The van der Waals surface area contributed by atoms with Gasteiger partial charge in [-0.25, -0.2) is 4.98 Å². The van der Waals surface area contributed by atoms with E-state index in [9.17, 15) is 4.79 Å². The molecule has 3 heterocycles. The molecule has 29 heavy (non-hydrogen) atoms. The van der Waals surface area contributed by atoms with Crippen LogP contribution in [0.15, 0.2) is 65.7 Å². The molecule has 1 saturated heterocycles. The van der Waals surface area contributed by atoms with Gasteiger partial charge in [0.25, 0.3) is 5.56 Å². The van der Waals surface area contributed by atoms with Crippen molar-refractivity contribution in [1.29, 1.82) is 0 Å². The molecule has 4 rings (SSSR count). The van der Waals surface area contributed by atoms with Crippen molar-refractivity contribution in [2.24, 2.45) is 18.7 Å². The lowest BCUT2D eigenvalue weighted by molar-refractivity contribution is 0.251. The molecule has 1 aromatic carbocycles. The quantitative estimate of drug-likeness (QED) is 0.726. The monoisotopic (exact) mass is 389 g/mol. The minimum absolute atomic E-state index is 0.0994. The third-order valence-corrected chi connectivity index (χ3v) is 5.96. The Bertz CT molecular complexity index is 1030. The lowest BCUT2D eigenvalue weighted by Crippen LogP contribution is -2.47. The normalized spacial score (nSPS) is 19.2. The van der Waals surface area contributed by atoms with E-state index in [1.165, 1.54) is 5.56 Å². The van der Waals surface area contributed by atoms with Gasteiger partial charge >= 0.3 is 0 Å². The van der Waals surface area contributed by atoms with E-state index in [0.717, 1.165) is 31.6 Å². The summed E-state index contributed by atoms with van der Waals surface area (Å²) >= 11 is 0. The van der Waals surface area contributed by atoms with Crippen LogP contribution in [0.3, 0.4) is 0 Å². The Labute approximate surface area is 171 Å². The highest BCUT2D eigenvalue weighted by atomic mass is 16.1. The van der Waals surface area contributed by atoms with Gasteiger partial charge in [-0.2, -0.15) is 0 Å². The predicted octanol–water partition coefficient (Wildman–Crippen LogP) is 2.54. The number of hydrogen-bond donors (Lipinski definition) is 1. The van der Waals surface area contributed by atoms with E-state index in [4.69, 9.17) is 10.7 Å². The molecule has 0 saturated carbocycles. The molecule has 150 valence electrons. The molecule has 1 aliphatic rings. The number of nitrogens with two attached hydrogens (primary N) is 1. The first-order chi connectivity index (χ1) is 13.9. The van der Waals surface area contributed by atoms with Crippen molar-refractivity contribution >= 4 is 0 Å². The fourth-order valence-corrected chi connectivity index (χ4v) is 4.18. The van der Waals surface area contributed by atoms with Crippen LogP contribution in [0.2, 0.25) is 0 Å². The molecular weight excluding hydrogens is 362 g/mol. The van der Waals surface area contributed by atoms with E-state index in [1.807, 2.05) is 25.1 Å². The first-order valence-corrected chi connectivity index (χ1v) is 9.99. The standard InChI is InChI=1S/C23H27N5O/c1-23(24,19-10-13-28(16-19)15-17-6-4-3-5-7-17)22-26-20(14-21(29)27(22)2)18-8-11-25-12-9-18/h3-9,11-12,14,19H,10,13,15-16,24H2,1-2H3. The van der Waals surface area contributed by atoms with Gasteiger partial charge in [0.1, 0.15) is 5.82 Å². The SMILES string of the molecule is Cn1c(C(C)(N)C2CCN(Cc3ccccc3)C2)nc(-c2ccncc2)cc1=O. The van der Waals surface area contributed by atoms with Crippen LogP contribution in [-0.2, 0) is 19.1 Å². The molecule has 6 nitrogen and oxygen atoms in total. The molecule has 0 radical (unpaired) electrons.